The molecule has 158 valence electrons. The van der Waals surface area contributed by atoms with Gasteiger partial charge in [0.1, 0.15) is 17.5 Å². The van der Waals surface area contributed by atoms with Crippen LogP contribution in [-0.4, -0.2) is 50.5 Å². The van der Waals surface area contributed by atoms with E-state index in [1.807, 2.05) is 45.0 Å². The molecule has 1 aliphatic rings. The summed E-state index contributed by atoms with van der Waals surface area (Å²) in [6.45, 7) is 6.40. The van der Waals surface area contributed by atoms with Crippen molar-refractivity contribution in [1.29, 1.82) is 0 Å². The highest BCUT2D eigenvalue weighted by molar-refractivity contribution is 5.68. The average molecular weight is 410 g/mol. The number of imidazole rings is 1. The van der Waals surface area contributed by atoms with Crippen LogP contribution in [0, 0.1) is 0 Å². The Labute approximate surface area is 174 Å². The first-order valence-corrected chi connectivity index (χ1v) is 10.1. The van der Waals surface area contributed by atoms with E-state index in [9.17, 15) is 4.79 Å². The fourth-order valence-electron chi connectivity index (χ4n) is 2.84. The number of fused-ring (bicyclic) bond motifs is 1. The molecule has 0 aliphatic heterocycles. The van der Waals surface area contributed by atoms with Gasteiger partial charge in [-0.05, 0) is 57.9 Å². The second-order valence-corrected chi connectivity index (χ2v) is 8.16. The van der Waals surface area contributed by atoms with Gasteiger partial charge in [-0.25, -0.2) is 19.3 Å². The van der Waals surface area contributed by atoms with E-state index in [1.165, 1.54) is 0 Å². The number of aromatic nitrogens is 4. The van der Waals surface area contributed by atoms with Gasteiger partial charge in [0.2, 0.25) is 5.88 Å². The quantitative estimate of drug-likeness (QED) is 0.576. The molecule has 3 heterocycles. The third-order valence-electron chi connectivity index (χ3n) is 4.31. The summed E-state index contributed by atoms with van der Waals surface area (Å²) in [5, 5.41) is 10.6. The molecule has 1 saturated carbocycles. The van der Waals surface area contributed by atoms with Gasteiger partial charge in [0, 0.05) is 19.3 Å². The normalized spacial score (nSPS) is 13.8. The lowest BCUT2D eigenvalue weighted by Crippen LogP contribution is -2.35. The molecule has 0 aromatic carbocycles. The van der Waals surface area contributed by atoms with Crippen molar-refractivity contribution in [3.8, 4) is 17.1 Å². The standard InChI is InChI=1S/C21H26N6O3/c1-21(2,3)30-20(28)24-12-11-22-17-8-9-18-25-13-16(27(18)26-17)15-5-4-10-23-19(15)29-14-6-7-14/h4-5,8-10,13-14H,6-7,11-12H2,1-3H3,(H,22,26)(H,24,28). The first-order chi connectivity index (χ1) is 14.4. The van der Waals surface area contributed by atoms with Crippen molar-refractivity contribution in [1.82, 2.24) is 24.9 Å². The molecular weight excluding hydrogens is 384 g/mol. The minimum Gasteiger partial charge on any atom is -0.474 e. The first-order valence-electron chi connectivity index (χ1n) is 10.1. The fourth-order valence-corrected chi connectivity index (χ4v) is 2.84. The first kappa shape index (κ1) is 19.9. The van der Waals surface area contributed by atoms with Crippen LogP contribution < -0.4 is 15.4 Å². The van der Waals surface area contributed by atoms with Crippen molar-refractivity contribution in [2.45, 2.75) is 45.3 Å². The van der Waals surface area contributed by atoms with Crippen molar-refractivity contribution in [3.05, 3.63) is 36.7 Å². The smallest absolute Gasteiger partial charge is 0.407 e. The summed E-state index contributed by atoms with van der Waals surface area (Å²) in [7, 11) is 0. The molecule has 30 heavy (non-hydrogen) atoms. The maximum Gasteiger partial charge on any atom is 0.407 e. The van der Waals surface area contributed by atoms with Crippen LogP contribution in [-0.2, 0) is 4.74 Å². The Morgan fingerprint density at radius 2 is 2.03 bits per heavy atom. The van der Waals surface area contributed by atoms with E-state index in [0.29, 0.717) is 24.8 Å². The minimum atomic E-state index is -0.518. The minimum absolute atomic E-state index is 0.250. The molecule has 0 atom stereocenters. The van der Waals surface area contributed by atoms with Crippen molar-refractivity contribution < 1.29 is 14.3 Å². The van der Waals surface area contributed by atoms with Crippen molar-refractivity contribution >= 4 is 17.6 Å². The van der Waals surface area contributed by atoms with Gasteiger partial charge in [-0.3, -0.25) is 0 Å². The summed E-state index contributed by atoms with van der Waals surface area (Å²) in [6, 6.07) is 7.57. The Morgan fingerprint density at radius 1 is 1.20 bits per heavy atom. The molecule has 1 aliphatic carbocycles. The molecule has 4 rings (SSSR count). The Kier molecular flexibility index (Phi) is 5.43. The lowest BCUT2D eigenvalue weighted by atomic mass is 10.2. The second-order valence-electron chi connectivity index (χ2n) is 8.16. The molecule has 0 unspecified atom stereocenters. The maximum absolute atomic E-state index is 11.7. The highest BCUT2D eigenvalue weighted by Gasteiger charge is 2.26. The Hall–Kier alpha value is -3.36. The monoisotopic (exact) mass is 410 g/mol. The number of ether oxygens (including phenoxy) is 2. The number of nitrogens with one attached hydrogen (secondary N) is 2. The number of hydrogen-bond donors (Lipinski definition) is 2. The van der Waals surface area contributed by atoms with E-state index in [0.717, 1.165) is 29.7 Å². The number of amides is 1. The van der Waals surface area contributed by atoms with E-state index in [-0.39, 0.29) is 6.10 Å². The summed E-state index contributed by atoms with van der Waals surface area (Å²) in [5.74, 6) is 1.27. The number of rotatable bonds is 7. The summed E-state index contributed by atoms with van der Waals surface area (Å²) in [6.07, 6.45) is 5.43. The van der Waals surface area contributed by atoms with E-state index >= 15 is 0 Å². The van der Waals surface area contributed by atoms with Gasteiger partial charge >= 0.3 is 6.09 Å². The number of hydrogen-bond acceptors (Lipinski definition) is 7. The molecule has 0 radical (unpaired) electrons. The molecule has 0 spiro atoms. The SMILES string of the molecule is CC(C)(C)OC(=O)NCCNc1ccc2ncc(-c3cccnc3OC3CC3)n2n1. The van der Waals surface area contributed by atoms with Gasteiger partial charge in [-0.15, -0.1) is 5.10 Å². The molecule has 9 nitrogen and oxygen atoms in total. The maximum atomic E-state index is 11.7. The molecule has 3 aromatic heterocycles. The third kappa shape index (κ3) is 4.97. The van der Waals surface area contributed by atoms with Crippen LogP contribution in [0.15, 0.2) is 36.7 Å². The van der Waals surface area contributed by atoms with Crippen LogP contribution in [0.2, 0.25) is 0 Å². The zero-order valence-corrected chi connectivity index (χ0v) is 17.4. The van der Waals surface area contributed by atoms with Gasteiger partial charge in [0.25, 0.3) is 0 Å². The van der Waals surface area contributed by atoms with Crippen LogP contribution in [0.4, 0.5) is 10.6 Å². The lowest BCUT2D eigenvalue weighted by Gasteiger charge is -2.19. The average Bonchev–Trinajstić information content (AvgIpc) is 3.41. The molecule has 2 N–H and O–H groups in total. The molecule has 1 amide bonds. The zero-order chi connectivity index (χ0) is 21.1. The largest absolute Gasteiger partial charge is 0.474 e. The molecular formula is C21H26N6O3. The molecule has 0 saturated heterocycles. The number of alkyl carbamates (subject to hydrolysis) is 1. The summed E-state index contributed by atoms with van der Waals surface area (Å²) >= 11 is 0. The zero-order valence-electron chi connectivity index (χ0n) is 17.4. The summed E-state index contributed by atoms with van der Waals surface area (Å²) in [5.41, 5.74) is 1.87. The Balaban J connectivity index is 1.44. The van der Waals surface area contributed by atoms with Gasteiger partial charge in [0.15, 0.2) is 5.65 Å². The van der Waals surface area contributed by atoms with Gasteiger partial charge in [0.05, 0.1) is 17.5 Å². The Bertz CT molecular complexity index is 1040. The molecule has 3 aromatic rings. The van der Waals surface area contributed by atoms with Gasteiger partial charge in [-0.1, -0.05) is 0 Å². The van der Waals surface area contributed by atoms with Crippen LogP contribution >= 0.6 is 0 Å². The predicted octanol–water partition coefficient (Wildman–Crippen LogP) is 3.27. The Morgan fingerprint density at radius 3 is 2.80 bits per heavy atom. The number of carbonyl (C=O) groups excluding carboxylic acids is 1. The van der Waals surface area contributed by atoms with Crippen molar-refractivity contribution in [2.24, 2.45) is 0 Å². The highest BCUT2D eigenvalue weighted by Crippen LogP contribution is 2.33. The number of nitrogens with zero attached hydrogens (tertiary/aromatic N) is 4. The van der Waals surface area contributed by atoms with Crippen molar-refractivity contribution in [3.63, 3.8) is 0 Å². The highest BCUT2D eigenvalue weighted by atomic mass is 16.6. The van der Waals surface area contributed by atoms with E-state index in [1.54, 1.807) is 16.9 Å². The third-order valence-corrected chi connectivity index (χ3v) is 4.31. The van der Waals surface area contributed by atoms with Crippen LogP contribution in [0.5, 0.6) is 5.88 Å². The van der Waals surface area contributed by atoms with Crippen LogP contribution in [0.25, 0.3) is 16.9 Å². The fraction of sp³-hybridized carbons (Fsp3) is 0.429. The van der Waals surface area contributed by atoms with E-state index in [4.69, 9.17) is 9.47 Å². The summed E-state index contributed by atoms with van der Waals surface area (Å²) < 4.78 is 12.9. The second kappa shape index (κ2) is 8.17. The van der Waals surface area contributed by atoms with Crippen LogP contribution in [0.3, 0.4) is 0 Å². The molecule has 0 bridgehead atoms. The molecule has 1 fully saturated rings. The van der Waals surface area contributed by atoms with Crippen LogP contribution in [0.1, 0.15) is 33.6 Å². The molecule has 9 heteroatoms. The van der Waals surface area contributed by atoms with E-state index in [2.05, 4.69) is 25.7 Å². The van der Waals surface area contributed by atoms with Gasteiger partial charge in [-0.2, -0.15) is 0 Å². The van der Waals surface area contributed by atoms with Gasteiger partial charge < -0.3 is 20.1 Å². The lowest BCUT2D eigenvalue weighted by molar-refractivity contribution is 0.0530. The summed E-state index contributed by atoms with van der Waals surface area (Å²) in [4.78, 5) is 20.5. The number of pyridine rings is 1. The topological polar surface area (TPSA) is 103 Å². The number of anilines is 1. The predicted molar refractivity (Wildman–Crippen MR) is 113 cm³/mol. The number of carbonyl (C=O) groups is 1. The van der Waals surface area contributed by atoms with Crippen molar-refractivity contribution in [2.75, 3.05) is 18.4 Å². The van der Waals surface area contributed by atoms with E-state index < -0.39 is 11.7 Å².